The van der Waals surface area contributed by atoms with E-state index in [0.717, 1.165) is 57.9 Å². The molecule has 4 heteroatoms. The summed E-state index contributed by atoms with van der Waals surface area (Å²) in [6.45, 7) is 0.746. The second kappa shape index (κ2) is 7.25. The van der Waals surface area contributed by atoms with Crippen molar-refractivity contribution in [2.75, 3.05) is 6.54 Å². The van der Waals surface area contributed by atoms with Crippen molar-refractivity contribution >= 4 is 5.91 Å². The summed E-state index contributed by atoms with van der Waals surface area (Å²) in [5.41, 5.74) is 5.68. The third-order valence-electron chi connectivity index (χ3n) is 4.86. The Labute approximate surface area is 116 Å². The minimum Gasteiger partial charge on any atom is -0.391 e. The van der Waals surface area contributed by atoms with E-state index in [1.165, 1.54) is 6.42 Å². The van der Waals surface area contributed by atoms with Crippen LogP contribution >= 0.6 is 0 Å². The summed E-state index contributed by atoms with van der Waals surface area (Å²) in [7, 11) is 0. The van der Waals surface area contributed by atoms with Crippen LogP contribution < -0.4 is 11.1 Å². The Morgan fingerprint density at radius 3 is 2.42 bits per heavy atom. The quantitative estimate of drug-likeness (QED) is 0.680. The third kappa shape index (κ3) is 4.18. The van der Waals surface area contributed by atoms with Gasteiger partial charge in [0.25, 0.3) is 0 Å². The predicted molar refractivity (Wildman–Crippen MR) is 75.5 cm³/mol. The van der Waals surface area contributed by atoms with Crippen LogP contribution in [0.2, 0.25) is 0 Å². The van der Waals surface area contributed by atoms with Gasteiger partial charge in [0, 0.05) is 5.92 Å². The number of aliphatic hydroxyl groups is 1. The van der Waals surface area contributed by atoms with E-state index < -0.39 is 0 Å². The molecule has 0 radical (unpaired) electrons. The Balaban J connectivity index is 1.80. The first-order valence-electron chi connectivity index (χ1n) is 7.89. The van der Waals surface area contributed by atoms with E-state index in [-0.39, 0.29) is 24.0 Å². The highest BCUT2D eigenvalue weighted by molar-refractivity contribution is 5.79. The number of hydrogen-bond donors (Lipinski definition) is 3. The summed E-state index contributed by atoms with van der Waals surface area (Å²) < 4.78 is 0. The zero-order valence-corrected chi connectivity index (χ0v) is 11.8. The minimum absolute atomic E-state index is 0.0257. The van der Waals surface area contributed by atoms with Crippen molar-refractivity contribution in [1.82, 2.24) is 5.32 Å². The fourth-order valence-electron chi connectivity index (χ4n) is 3.42. The second-order valence-corrected chi connectivity index (χ2v) is 6.27. The van der Waals surface area contributed by atoms with Crippen molar-refractivity contribution < 1.29 is 9.90 Å². The van der Waals surface area contributed by atoms with Crippen molar-refractivity contribution in [3.8, 4) is 0 Å². The average Bonchev–Trinajstić information content (AvgIpc) is 2.64. The number of rotatable bonds is 3. The van der Waals surface area contributed by atoms with Gasteiger partial charge in [-0.05, 0) is 51.0 Å². The molecule has 0 aromatic rings. The summed E-state index contributed by atoms with van der Waals surface area (Å²) in [4.78, 5) is 12.3. The zero-order chi connectivity index (χ0) is 13.7. The van der Waals surface area contributed by atoms with E-state index in [1.54, 1.807) is 0 Å². The smallest absolute Gasteiger partial charge is 0.223 e. The van der Waals surface area contributed by atoms with Gasteiger partial charge >= 0.3 is 0 Å². The van der Waals surface area contributed by atoms with E-state index in [0.29, 0.717) is 5.92 Å². The van der Waals surface area contributed by atoms with Gasteiger partial charge in [-0.2, -0.15) is 0 Å². The normalized spacial score (nSPS) is 36.5. The van der Waals surface area contributed by atoms with E-state index in [2.05, 4.69) is 5.32 Å². The van der Waals surface area contributed by atoms with Gasteiger partial charge in [0.15, 0.2) is 0 Å². The standard InChI is InChI=1S/C15H28N2O2/c16-10-11-6-8-12(9-7-11)15(19)17-13-4-2-1-3-5-14(13)18/h11-14,18H,1-10,16H2,(H,17,19). The molecule has 4 nitrogen and oxygen atoms in total. The minimum atomic E-state index is -0.355. The van der Waals surface area contributed by atoms with Crippen molar-refractivity contribution in [3.63, 3.8) is 0 Å². The maximum atomic E-state index is 12.3. The van der Waals surface area contributed by atoms with Crippen molar-refractivity contribution in [1.29, 1.82) is 0 Å². The van der Waals surface area contributed by atoms with Crippen molar-refractivity contribution in [2.45, 2.75) is 69.9 Å². The Bertz CT molecular complexity index is 288. The lowest BCUT2D eigenvalue weighted by atomic mass is 9.81. The molecule has 0 spiro atoms. The zero-order valence-electron chi connectivity index (χ0n) is 11.8. The topological polar surface area (TPSA) is 75.4 Å². The Hall–Kier alpha value is -0.610. The van der Waals surface area contributed by atoms with Crippen LogP contribution in [0.25, 0.3) is 0 Å². The molecule has 2 aliphatic rings. The largest absolute Gasteiger partial charge is 0.391 e. The van der Waals surface area contributed by atoms with Gasteiger partial charge in [-0.1, -0.05) is 19.3 Å². The fourth-order valence-corrected chi connectivity index (χ4v) is 3.42. The third-order valence-corrected chi connectivity index (χ3v) is 4.86. The van der Waals surface area contributed by atoms with Gasteiger partial charge in [-0.25, -0.2) is 0 Å². The van der Waals surface area contributed by atoms with Crippen LogP contribution in [-0.4, -0.2) is 29.7 Å². The summed E-state index contributed by atoms with van der Waals surface area (Å²) in [5.74, 6) is 0.896. The Morgan fingerprint density at radius 1 is 1.05 bits per heavy atom. The molecule has 2 rings (SSSR count). The molecule has 2 atom stereocenters. The van der Waals surface area contributed by atoms with Gasteiger partial charge < -0.3 is 16.2 Å². The molecule has 110 valence electrons. The number of carbonyl (C=O) groups is 1. The molecule has 0 heterocycles. The maximum Gasteiger partial charge on any atom is 0.223 e. The van der Waals surface area contributed by atoms with Crippen LogP contribution in [0.1, 0.15) is 57.8 Å². The second-order valence-electron chi connectivity index (χ2n) is 6.27. The number of nitrogens with one attached hydrogen (secondary N) is 1. The molecular weight excluding hydrogens is 240 g/mol. The van der Waals surface area contributed by atoms with Crippen LogP contribution in [0, 0.1) is 11.8 Å². The van der Waals surface area contributed by atoms with Crippen LogP contribution in [0.5, 0.6) is 0 Å². The lowest BCUT2D eigenvalue weighted by molar-refractivity contribution is -0.127. The molecule has 0 aromatic heterocycles. The summed E-state index contributed by atoms with van der Waals surface area (Å²) in [5, 5.41) is 13.1. The Morgan fingerprint density at radius 2 is 1.74 bits per heavy atom. The highest BCUT2D eigenvalue weighted by Crippen LogP contribution is 2.28. The van der Waals surface area contributed by atoms with Crippen LogP contribution in [0.3, 0.4) is 0 Å². The van der Waals surface area contributed by atoms with Crippen molar-refractivity contribution in [2.24, 2.45) is 17.6 Å². The molecule has 2 saturated carbocycles. The molecular formula is C15H28N2O2. The highest BCUT2D eigenvalue weighted by atomic mass is 16.3. The maximum absolute atomic E-state index is 12.3. The number of aliphatic hydroxyl groups excluding tert-OH is 1. The highest BCUT2D eigenvalue weighted by Gasteiger charge is 2.29. The molecule has 2 unspecified atom stereocenters. The van der Waals surface area contributed by atoms with Gasteiger partial charge in [0.2, 0.25) is 5.91 Å². The Kier molecular flexibility index (Phi) is 5.64. The van der Waals surface area contributed by atoms with E-state index >= 15 is 0 Å². The lowest BCUT2D eigenvalue weighted by Crippen LogP contribution is -2.45. The lowest BCUT2D eigenvalue weighted by Gasteiger charge is -2.29. The summed E-state index contributed by atoms with van der Waals surface area (Å²) in [6.07, 6.45) is 8.81. The number of nitrogens with two attached hydrogens (primary N) is 1. The molecule has 19 heavy (non-hydrogen) atoms. The first-order valence-corrected chi connectivity index (χ1v) is 7.89. The monoisotopic (exact) mass is 268 g/mol. The van der Waals surface area contributed by atoms with E-state index in [9.17, 15) is 9.90 Å². The number of carbonyl (C=O) groups excluding carboxylic acids is 1. The van der Waals surface area contributed by atoms with Crippen LogP contribution in [-0.2, 0) is 4.79 Å². The van der Waals surface area contributed by atoms with Crippen LogP contribution in [0.15, 0.2) is 0 Å². The fraction of sp³-hybridized carbons (Fsp3) is 0.933. The first kappa shape index (κ1) is 14.8. The van der Waals surface area contributed by atoms with Gasteiger partial charge in [0.1, 0.15) is 0 Å². The SMILES string of the molecule is NCC1CCC(C(=O)NC2CCCCCC2O)CC1. The molecule has 4 N–H and O–H groups in total. The average molecular weight is 268 g/mol. The van der Waals surface area contributed by atoms with E-state index in [1.807, 2.05) is 0 Å². The molecule has 0 bridgehead atoms. The number of hydrogen-bond acceptors (Lipinski definition) is 3. The first-order chi connectivity index (χ1) is 9.20. The molecule has 0 aromatic carbocycles. The molecule has 0 saturated heterocycles. The van der Waals surface area contributed by atoms with Gasteiger partial charge in [-0.15, -0.1) is 0 Å². The molecule has 1 amide bonds. The van der Waals surface area contributed by atoms with Gasteiger partial charge in [-0.3, -0.25) is 4.79 Å². The summed E-state index contributed by atoms with van der Waals surface area (Å²) >= 11 is 0. The molecule has 2 fully saturated rings. The van der Waals surface area contributed by atoms with E-state index in [4.69, 9.17) is 5.73 Å². The van der Waals surface area contributed by atoms with Crippen molar-refractivity contribution in [3.05, 3.63) is 0 Å². The summed E-state index contributed by atoms with van der Waals surface area (Å²) in [6, 6.07) is -0.0257. The molecule has 0 aliphatic heterocycles. The van der Waals surface area contributed by atoms with Crippen LogP contribution in [0.4, 0.5) is 0 Å². The van der Waals surface area contributed by atoms with Gasteiger partial charge in [0.05, 0.1) is 12.1 Å². The predicted octanol–water partition coefficient (Wildman–Crippen LogP) is 1.56. The number of amides is 1. The molecule has 2 aliphatic carbocycles.